The maximum absolute atomic E-state index is 5.51. The molecule has 0 amide bonds. The molecule has 0 aromatic carbocycles. The van der Waals surface area contributed by atoms with Gasteiger partial charge in [-0.2, -0.15) is 0 Å². The largest absolute Gasteiger partial charge is 0.468 e. The number of nitrogens with zero attached hydrogens (tertiary/aromatic N) is 1. The Bertz CT molecular complexity index is 399. The van der Waals surface area contributed by atoms with E-state index >= 15 is 0 Å². The third-order valence-corrected chi connectivity index (χ3v) is 4.90. The van der Waals surface area contributed by atoms with Gasteiger partial charge in [-0.15, -0.1) is 0 Å². The summed E-state index contributed by atoms with van der Waals surface area (Å²) in [5, 5.41) is 3.75. The Balaban J connectivity index is 1.40. The highest BCUT2D eigenvalue weighted by atomic mass is 16.3. The number of hydrogen-bond donors (Lipinski definition) is 1. The van der Waals surface area contributed by atoms with E-state index in [-0.39, 0.29) is 0 Å². The minimum absolute atomic E-state index is 0.799. The second-order valence-corrected chi connectivity index (χ2v) is 6.28. The van der Waals surface area contributed by atoms with Crippen molar-refractivity contribution in [3.05, 3.63) is 24.2 Å². The minimum atomic E-state index is 0.799. The molecular formula is C15H22N2O. The van der Waals surface area contributed by atoms with Gasteiger partial charge < -0.3 is 9.73 Å². The van der Waals surface area contributed by atoms with Crippen molar-refractivity contribution in [3.8, 4) is 0 Å². The fraction of sp³-hybridized carbons (Fsp3) is 0.733. The van der Waals surface area contributed by atoms with Crippen LogP contribution in [0.2, 0.25) is 0 Å². The Hall–Kier alpha value is -0.800. The van der Waals surface area contributed by atoms with Crippen molar-refractivity contribution in [2.24, 2.45) is 5.92 Å². The molecule has 1 aromatic heterocycles. The zero-order chi connectivity index (χ0) is 11.9. The van der Waals surface area contributed by atoms with Crippen molar-refractivity contribution in [1.82, 2.24) is 10.2 Å². The van der Waals surface area contributed by atoms with Crippen molar-refractivity contribution in [2.75, 3.05) is 6.54 Å². The van der Waals surface area contributed by atoms with Crippen LogP contribution in [0.5, 0.6) is 0 Å². The number of hydrogen-bond acceptors (Lipinski definition) is 3. The standard InChI is InChI=1S/C15H22N2O/c1-2-14(18-7-1)10-17(13-4-5-13)9-11-8-12-3-6-15(11)16-12/h1-2,7,11-13,15-16H,3-6,8-10H2. The van der Waals surface area contributed by atoms with Crippen LogP contribution in [0.15, 0.2) is 22.8 Å². The molecule has 0 spiro atoms. The molecule has 3 nitrogen and oxygen atoms in total. The van der Waals surface area contributed by atoms with Crippen LogP contribution in [-0.2, 0) is 6.54 Å². The SMILES string of the molecule is c1coc(CN(CC2CC3CCC2N3)C2CC2)c1. The second-order valence-electron chi connectivity index (χ2n) is 6.28. The fourth-order valence-corrected chi connectivity index (χ4v) is 3.83. The lowest BCUT2D eigenvalue weighted by Gasteiger charge is -2.28. The molecule has 3 atom stereocenters. The molecule has 0 radical (unpaired) electrons. The summed E-state index contributed by atoms with van der Waals surface area (Å²) in [4.78, 5) is 2.66. The van der Waals surface area contributed by atoms with Gasteiger partial charge in [0.2, 0.25) is 0 Å². The zero-order valence-corrected chi connectivity index (χ0v) is 10.8. The summed E-state index contributed by atoms with van der Waals surface area (Å²) in [7, 11) is 0. The van der Waals surface area contributed by atoms with Gasteiger partial charge in [0, 0.05) is 24.7 Å². The number of fused-ring (bicyclic) bond motifs is 2. The van der Waals surface area contributed by atoms with Gasteiger partial charge >= 0.3 is 0 Å². The molecule has 2 saturated heterocycles. The highest BCUT2D eigenvalue weighted by molar-refractivity contribution is 5.02. The van der Waals surface area contributed by atoms with E-state index in [0.29, 0.717) is 0 Å². The lowest BCUT2D eigenvalue weighted by Crippen LogP contribution is -2.36. The zero-order valence-electron chi connectivity index (χ0n) is 10.8. The fourth-order valence-electron chi connectivity index (χ4n) is 3.83. The third kappa shape index (κ3) is 2.10. The maximum atomic E-state index is 5.51. The van der Waals surface area contributed by atoms with E-state index in [4.69, 9.17) is 4.42 Å². The normalized spacial score (nSPS) is 34.6. The smallest absolute Gasteiger partial charge is 0.117 e. The van der Waals surface area contributed by atoms with Crippen molar-refractivity contribution >= 4 is 0 Å². The number of rotatable bonds is 5. The van der Waals surface area contributed by atoms with E-state index in [9.17, 15) is 0 Å². The van der Waals surface area contributed by atoms with Gasteiger partial charge in [0.25, 0.3) is 0 Å². The van der Waals surface area contributed by atoms with Crippen LogP contribution in [-0.4, -0.2) is 29.6 Å². The molecule has 3 unspecified atom stereocenters. The third-order valence-electron chi connectivity index (χ3n) is 4.90. The van der Waals surface area contributed by atoms with Gasteiger partial charge in [0.1, 0.15) is 5.76 Å². The Morgan fingerprint density at radius 3 is 2.83 bits per heavy atom. The average molecular weight is 246 g/mol. The summed E-state index contributed by atoms with van der Waals surface area (Å²) in [6, 6.07) is 6.56. The van der Waals surface area contributed by atoms with E-state index in [2.05, 4.69) is 16.3 Å². The van der Waals surface area contributed by atoms with Crippen LogP contribution in [0.1, 0.15) is 37.9 Å². The van der Waals surface area contributed by atoms with Crippen LogP contribution in [0.3, 0.4) is 0 Å². The van der Waals surface area contributed by atoms with Gasteiger partial charge in [-0.25, -0.2) is 0 Å². The van der Waals surface area contributed by atoms with Crippen LogP contribution in [0.25, 0.3) is 0 Å². The summed E-state index contributed by atoms with van der Waals surface area (Å²) < 4.78 is 5.51. The predicted octanol–water partition coefficient (Wildman–Crippen LogP) is 2.38. The Labute approximate surface area is 109 Å². The molecular weight excluding hydrogens is 224 g/mol. The summed E-state index contributed by atoms with van der Waals surface area (Å²) in [6.07, 6.45) is 8.76. The summed E-state index contributed by atoms with van der Waals surface area (Å²) in [5.41, 5.74) is 0. The molecule has 3 heteroatoms. The number of nitrogens with one attached hydrogen (secondary N) is 1. The van der Waals surface area contributed by atoms with E-state index in [1.54, 1.807) is 6.26 Å². The first-order valence-electron chi connectivity index (χ1n) is 7.41. The monoisotopic (exact) mass is 246 g/mol. The summed E-state index contributed by atoms with van der Waals surface area (Å²) >= 11 is 0. The molecule has 1 aromatic rings. The summed E-state index contributed by atoms with van der Waals surface area (Å²) in [5.74, 6) is 2.00. The molecule has 3 aliphatic rings. The van der Waals surface area contributed by atoms with E-state index in [1.807, 2.05) is 6.07 Å². The highest BCUT2D eigenvalue weighted by Crippen LogP contribution is 2.36. The van der Waals surface area contributed by atoms with Crippen molar-refractivity contribution in [3.63, 3.8) is 0 Å². The van der Waals surface area contributed by atoms with Gasteiger partial charge in [-0.05, 0) is 50.2 Å². The average Bonchev–Trinajstić information content (AvgIpc) is 2.79. The highest BCUT2D eigenvalue weighted by Gasteiger charge is 2.41. The Morgan fingerprint density at radius 2 is 2.22 bits per heavy atom. The molecule has 98 valence electrons. The first kappa shape index (κ1) is 11.1. The van der Waals surface area contributed by atoms with E-state index in [0.717, 1.165) is 36.3 Å². The molecule has 2 bridgehead atoms. The lowest BCUT2D eigenvalue weighted by atomic mass is 9.88. The van der Waals surface area contributed by atoms with Crippen LogP contribution < -0.4 is 5.32 Å². The van der Waals surface area contributed by atoms with Gasteiger partial charge in [0.15, 0.2) is 0 Å². The quantitative estimate of drug-likeness (QED) is 0.864. The van der Waals surface area contributed by atoms with Gasteiger partial charge in [-0.1, -0.05) is 0 Å². The lowest BCUT2D eigenvalue weighted by molar-refractivity contribution is 0.183. The summed E-state index contributed by atoms with van der Waals surface area (Å²) in [6.45, 7) is 2.27. The Kier molecular flexibility index (Phi) is 2.70. The molecule has 4 rings (SSSR count). The molecule has 18 heavy (non-hydrogen) atoms. The first-order valence-corrected chi connectivity index (χ1v) is 7.41. The number of furan rings is 1. The van der Waals surface area contributed by atoms with Gasteiger partial charge in [-0.3, -0.25) is 4.90 Å². The second kappa shape index (κ2) is 4.39. The first-order chi connectivity index (χ1) is 8.88. The van der Waals surface area contributed by atoms with Crippen LogP contribution >= 0.6 is 0 Å². The van der Waals surface area contributed by atoms with E-state index < -0.39 is 0 Å². The topological polar surface area (TPSA) is 28.4 Å². The molecule has 1 saturated carbocycles. The maximum Gasteiger partial charge on any atom is 0.117 e. The van der Waals surface area contributed by atoms with Crippen LogP contribution in [0.4, 0.5) is 0 Å². The predicted molar refractivity (Wildman–Crippen MR) is 70.2 cm³/mol. The van der Waals surface area contributed by atoms with Crippen molar-refractivity contribution in [1.29, 1.82) is 0 Å². The molecule has 1 N–H and O–H groups in total. The molecule has 1 aliphatic carbocycles. The minimum Gasteiger partial charge on any atom is -0.468 e. The van der Waals surface area contributed by atoms with Crippen molar-refractivity contribution in [2.45, 2.75) is 56.8 Å². The van der Waals surface area contributed by atoms with Crippen molar-refractivity contribution < 1.29 is 4.42 Å². The molecule has 3 heterocycles. The Morgan fingerprint density at radius 1 is 1.28 bits per heavy atom. The molecule has 2 aliphatic heterocycles. The van der Waals surface area contributed by atoms with E-state index in [1.165, 1.54) is 38.6 Å². The van der Waals surface area contributed by atoms with Gasteiger partial charge in [0.05, 0.1) is 12.8 Å². The molecule has 3 fully saturated rings. The van der Waals surface area contributed by atoms with Crippen LogP contribution in [0, 0.1) is 5.92 Å².